The molecule has 0 atom stereocenters. The van der Waals surface area contributed by atoms with Crippen LogP contribution in [0.2, 0.25) is 0 Å². The molecule has 0 unspecified atom stereocenters. The van der Waals surface area contributed by atoms with E-state index in [1.165, 1.54) is 12.8 Å². The Balaban J connectivity index is 1.66. The van der Waals surface area contributed by atoms with Gasteiger partial charge in [0, 0.05) is 29.9 Å². The second kappa shape index (κ2) is 7.97. The molecule has 2 aromatic rings. The fraction of sp³-hybridized carbons (Fsp3) is 0.333. The third-order valence-electron chi connectivity index (χ3n) is 4.67. The number of benzene rings is 2. The lowest BCUT2D eigenvalue weighted by atomic mass is 10.1. The van der Waals surface area contributed by atoms with Crippen molar-refractivity contribution in [2.24, 2.45) is 0 Å². The van der Waals surface area contributed by atoms with Crippen molar-refractivity contribution in [3.63, 3.8) is 0 Å². The molecule has 1 aliphatic rings. The zero-order valence-corrected chi connectivity index (χ0v) is 14.6. The van der Waals surface area contributed by atoms with Crippen LogP contribution in [-0.2, 0) is 0 Å². The summed E-state index contributed by atoms with van der Waals surface area (Å²) in [6, 6.07) is 14.7. The number of carbonyl (C=O) groups excluding carboxylic acids is 2. The molecule has 0 aliphatic carbocycles. The molecule has 3 rings (SSSR count). The van der Waals surface area contributed by atoms with Crippen LogP contribution in [0, 0.1) is 6.92 Å². The van der Waals surface area contributed by atoms with Gasteiger partial charge in [0.05, 0.1) is 0 Å². The number of nitrogens with one attached hydrogen (secondary N) is 1. The summed E-state index contributed by atoms with van der Waals surface area (Å²) >= 11 is 0. The first-order valence-corrected chi connectivity index (χ1v) is 8.91. The summed E-state index contributed by atoms with van der Waals surface area (Å²) in [7, 11) is 0. The Hall–Kier alpha value is -2.62. The normalized spacial score (nSPS) is 14.7. The lowest BCUT2D eigenvalue weighted by Crippen LogP contribution is -2.31. The summed E-state index contributed by atoms with van der Waals surface area (Å²) in [4.78, 5) is 26.9. The van der Waals surface area contributed by atoms with Crippen molar-refractivity contribution >= 4 is 17.5 Å². The fourth-order valence-corrected chi connectivity index (χ4v) is 3.18. The van der Waals surface area contributed by atoms with Crippen molar-refractivity contribution in [3.05, 3.63) is 65.2 Å². The Kier molecular flexibility index (Phi) is 5.49. The smallest absolute Gasteiger partial charge is 0.255 e. The summed E-state index contributed by atoms with van der Waals surface area (Å²) in [5.74, 6) is -0.0524. The molecule has 2 aromatic carbocycles. The van der Waals surface area contributed by atoms with Crippen molar-refractivity contribution in [3.8, 4) is 0 Å². The molecule has 1 heterocycles. The van der Waals surface area contributed by atoms with Crippen LogP contribution in [0.4, 0.5) is 5.69 Å². The molecule has 2 amide bonds. The molecule has 1 N–H and O–H groups in total. The van der Waals surface area contributed by atoms with Crippen molar-refractivity contribution in [2.75, 3.05) is 18.4 Å². The van der Waals surface area contributed by atoms with Crippen LogP contribution < -0.4 is 5.32 Å². The first-order valence-electron chi connectivity index (χ1n) is 8.91. The van der Waals surface area contributed by atoms with Crippen LogP contribution in [0.15, 0.2) is 48.5 Å². The second-order valence-electron chi connectivity index (χ2n) is 6.55. The van der Waals surface area contributed by atoms with Crippen LogP contribution >= 0.6 is 0 Å². The third kappa shape index (κ3) is 4.27. The van der Waals surface area contributed by atoms with Gasteiger partial charge in [-0.1, -0.05) is 31.0 Å². The minimum atomic E-state index is -0.135. The highest BCUT2D eigenvalue weighted by atomic mass is 16.2. The van der Waals surface area contributed by atoms with E-state index in [9.17, 15) is 9.59 Å². The quantitative estimate of drug-likeness (QED) is 0.910. The number of nitrogens with zero attached hydrogens (tertiary/aromatic N) is 1. The number of aryl methyl sites for hydroxylation is 1. The monoisotopic (exact) mass is 336 g/mol. The van der Waals surface area contributed by atoms with Gasteiger partial charge < -0.3 is 10.2 Å². The first kappa shape index (κ1) is 17.2. The lowest BCUT2D eigenvalue weighted by molar-refractivity contribution is 0.0761. The molecule has 4 heteroatoms. The van der Waals surface area contributed by atoms with Gasteiger partial charge in [-0.3, -0.25) is 9.59 Å². The third-order valence-corrected chi connectivity index (χ3v) is 4.67. The predicted octanol–water partition coefficient (Wildman–Crippen LogP) is 4.26. The Bertz CT molecular complexity index is 745. The summed E-state index contributed by atoms with van der Waals surface area (Å²) in [5.41, 5.74) is 2.97. The molecule has 4 nitrogen and oxygen atoms in total. The maximum atomic E-state index is 12.6. The van der Waals surface area contributed by atoms with E-state index >= 15 is 0 Å². The van der Waals surface area contributed by atoms with E-state index in [2.05, 4.69) is 5.32 Å². The van der Waals surface area contributed by atoms with Gasteiger partial charge in [-0.05, 0) is 55.7 Å². The maximum Gasteiger partial charge on any atom is 0.255 e. The zero-order chi connectivity index (χ0) is 17.6. The SMILES string of the molecule is Cc1ccccc1C(=O)Nc1ccc(C(=O)N2CCCCCC2)cc1. The Morgan fingerprint density at radius 3 is 2.16 bits per heavy atom. The van der Waals surface area contributed by atoms with E-state index in [1.54, 1.807) is 24.3 Å². The second-order valence-corrected chi connectivity index (χ2v) is 6.55. The topological polar surface area (TPSA) is 49.4 Å². The van der Waals surface area contributed by atoms with Crippen LogP contribution in [0.5, 0.6) is 0 Å². The zero-order valence-electron chi connectivity index (χ0n) is 14.6. The molecule has 1 saturated heterocycles. The van der Waals surface area contributed by atoms with Crippen molar-refractivity contribution in [1.82, 2.24) is 4.90 Å². The van der Waals surface area contributed by atoms with Crippen molar-refractivity contribution in [2.45, 2.75) is 32.6 Å². The van der Waals surface area contributed by atoms with E-state index in [4.69, 9.17) is 0 Å². The Morgan fingerprint density at radius 2 is 1.52 bits per heavy atom. The van der Waals surface area contributed by atoms with Gasteiger partial charge in [-0.15, -0.1) is 0 Å². The molecule has 25 heavy (non-hydrogen) atoms. The van der Waals surface area contributed by atoms with Crippen LogP contribution in [0.3, 0.4) is 0 Å². The van der Waals surface area contributed by atoms with E-state index in [1.807, 2.05) is 36.1 Å². The van der Waals surface area contributed by atoms with Crippen LogP contribution in [0.25, 0.3) is 0 Å². The summed E-state index contributed by atoms with van der Waals surface area (Å²) in [6.45, 7) is 3.59. The number of rotatable bonds is 3. The van der Waals surface area contributed by atoms with Gasteiger partial charge >= 0.3 is 0 Å². The number of carbonyl (C=O) groups is 2. The number of hydrogen-bond acceptors (Lipinski definition) is 2. The molecular formula is C21H24N2O2. The first-order chi connectivity index (χ1) is 12.1. The van der Waals surface area contributed by atoms with Crippen molar-refractivity contribution < 1.29 is 9.59 Å². The number of likely N-dealkylation sites (tertiary alicyclic amines) is 1. The number of amides is 2. The van der Waals surface area contributed by atoms with Gasteiger partial charge in [0.1, 0.15) is 0 Å². The maximum absolute atomic E-state index is 12.6. The van der Waals surface area contributed by atoms with Crippen LogP contribution in [0.1, 0.15) is 52.0 Å². The molecule has 0 radical (unpaired) electrons. The molecule has 0 aromatic heterocycles. The van der Waals surface area contributed by atoms with Gasteiger partial charge in [0.2, 0.25) is 0 Å². The highest BCUT2D eigenvalue weighted by molar-refractivity contribution is 6.05. The van der Waals surface area contributed by atoms with Gasteiger partial charge in [0.15, 0.2) is 0 Å². The Labute approximate surface area is 148 Å². The van der Waals surface area contributed by atoms with E-state index in [0.29, 0.717) is 16.8 Å². The highest BCUT2D eigenvalue weighted by Crippen LogP contribution is 2.17. The molecule has 0 bridgehead atoms. The van der Waals surface area contributed by atoms with E-state index < -0.39 is 0 Å². The molecule has 0 saturated carbocycles. The summed E-state index contributed by atoms with van der Waals surface area (Å²) < 4.78 is 0. The van der Waals surface area contributed by atoms with E-state index in [0.717, 1.165) is 31.5 Å². The molecule has 130 valence electrons. The average molecular weight is 336 g/mol. The van der Waals surface area contributed by atoms with Gasteiger partial charge in [0.25, 0.3) is 11.8 Å². The largest absolute Gasteiger partial charge is 0.339 e. The Morgan fingerprint density at radius 1 is 0.880 bits per heavy atom. The molecule has 1 aliphatic heterocycles. The molecular weight excluding hydrogens is 312 g/mol. The lowest BCUT2D eigenvalue weighted by Gasteiger charge is -2.20. The number of hydrogen-bond donors (Lipinski definition) is 1. The molecule has 1 fully saturated rings. The predicted molar refractivity (Wildman–Crippen MR) is 99.9 cm³/mol. The highest BCUT2D eigenvalue weighted by Gasteiger charge is 2.17. The van der Waals surface area contributed by atoms with Gasteiger partial charge in [-0.2, -0.15) is 0 Å². The fourth-order valence-electron chi connectivity index (χ4n) is 3.18. The summed E-state index contributed by atoms with van der Waals surface area (Å²) in [5, 5.41) is 2.89. The molecule has 0 spiro atoms. The van der Waals surface area contributed by atoms with E-state index in [-0.39, 0.29) is 11.8 Å². The minimum absolute atomic E-state index is 0.0821. The standard InChI is InChI=1S/C21H24N2O2/c1-16-8-4-5-9-19(16)20(24)22-18-12-10-17(11-13-18)21(25)23-14-6-2-3-7-15-23/h4-5,8-13H,2-3,6-7,14-15H2,1H3,(H,22,24). The average Bonchev–Trinajstić information content (AvgIpc) is 2.91. The van der Waals surface area contributed by atoms with Crippen molar-refractivity contribution in [1.29, 1.82) is 0 Å². The summed E-state index contributed by atoms with van der Waals surface area (Å²) in [6.07, 6.45) is 4.56. The van der Waals surface area contributed by atoms with Crippen LogP contribution in [-0.4, -0.2) is 29.8 Å². The number of anilines is 1. The minimum Gasteiger partial charge on any atom is -0.339 e. The van der Waals surface area contributed by atoms with Gasteiger partial charge in [-0.25, -0.2) is 0 Å².